The van der Waals surface area contributed by atoms with E-state index in [2.05, 4.69) is 48.1 Å². The summed E-state index contributed by atoms with van der Waals surface area (Å²) in [5.41, 5.74) is 0.0857. The molecule has 0 amide bonds. The van der Waals surface area contributed by atoms with Crippen LogP contribution in [-0.4, -0.2) is 78.4 Å². The lowest BCUT2D eigenvalue weighted by Crippen LogP contribution is -2.67. The molecule has 0 aromatic rings. The van der Waals surface area contributed by atoms with Crippen molar-refractivity contribution in [3.8, 4) is 0 Å². The average Bonchev–Trinajstić information content (AvgIpc) is 3.49. The van der Waals surface area contributed by atoms with Gasteiger partial charge in [0.2, 0.25) is 12.4 Å². The number of rotatable bonds is 8. The van der Waals surface area contributed by atoms with Crippen LogP contribution in [0.15, 0.2) is 12.2 Å². The number of esters is 5. The Kier molecular flexibility index (Phi) is 11.4. The van der Waals surface area contributed by atoms with Gasteiger partial charge in [0.1, 0.15) is 12.7 Å². The molecule has 0 bridgehead atoms. The van der Waals surface area contributed by atoms with Crippen molar-refractivity contribution in [2.24, 2.45) is 56.7 Å². The number of aliphatic hydroxyl groups excluding tert-OH is 1. The molecule has 314 valence electrons. The Balaban J connectivity index is 1.35. The minimum absolute atomic E-state index is 0.0254. The monoisotopic (exact) mass is 786 g/mol. The third kappa shape index (κ3) is 6.80. The molecule has 1 heterocycles. The zero-order valence-electron chi connectivity index (χ0n) is 35.3. The summed E-state index contributed by atoms with van der Waals surface area (Å²) >= 11 is 0. The van der Waals surface area contributed by atoms with Crippen molar-refractivity contribution in [2.75, 3.05) is 6.61 Å². The van der Waals surface area contributed by atoms with Crippen LogP contribution >= 0.6 is 0 Å². The van der Waals surface area contributed by atoms with Crippen molar-refractivity contribution in [1.82, 2.24) is 0 Å². The molecule has 0 aromatic carbocycles. The van der Waals surface area contributed by atoms with E-state index in [9.17, 15) is 24.3 Å². The Labute approximate surface area is 332 Å². The first-order valence-corrected chi connectivity index (χ1v) is 20.9. The Bertz CT molecular complexity index is 1610. The molecule has 6 rings (SSSR count). The molecule has 0 unspecified atom stereocenters. The highest BCUT2D eigenvalue weighted by atomic mass is 16.7. The van der Waals surface area contributed by atoms with E-state index in [0.29, 0.717) is 24.7 Å². The van der Waals surface area contributed by atoms with E-state index in [4.69, 9.17) is 28.4 Å². The second-order valence-corrected chi connectivity index (χ2v) is 19.7. The number of allylic oxidation sites excluding steroid dienone is 1. The lowest BCUT2D eigenvalue weighted by atomic mass is 9.32. The lowest BCUT2D eigenvalue weighted by molar-refractivity contribution is -0.305. The third-order valence-electron chi connectivity index (χ3n) is 16.6. The Morgan fingerprint density at radius 2 is 1.29 bits per heavy atom. The smallest absolute Gasteiger partial charge is 0.314 e. The summed E-state index contributed by atoms with van der Waals surface area (Å²) in [6.45, 7) is 22.8. The number of aliphatic hydroxyl groups is 1. The minimum atomic E-state index is -1.57. The fraction of sp³-hybridized carbons (Fsp3) is 0.841. The minimum Gasteiger partial charge on any atom is -0.463 e. The van der Waals surface area contributed by atoms with E-state index in [1.165, 1.54) is 13.8 Å². The topological polar surface area (TPSA) is 161 Å². The molecule has 1 N–H and O–H groups in total. The Morgan fingerprint density at radius 1 is 0.661 bits per heavy atom. The van der Waals surface area contributed by atoms with Gasteiger partial charge in [-0.15, -0.1) is 0 Å². The van der Waals surface area contributed by atoms with Crippen LogP contribution in [0.25, 0.3) is 0 Å². The van der Waals surface area contributed by atoms with Crippen LogP contribution in [0.3, 0.4) is 0 Å². The number of hydrogen-bond donors (Lipinski definition) is 1. The van der Waals surface area contributed by atoms with Crippen molar-refractivity contribution < 1.29 is 57.5 Å². The number of hydrogen-bond acceptors (Lipinski definition) is 12. The summed E-state index contributed by atoms with van der Waals surface area (Å²) in [5, 5.41) is 11.1. The molecule has 15 atom stereocenters. The molecule has 5 aliphatic carbocycles. The van der Waals surface area contributed by atoms with Crippen molar-refractivity contribution >= 4 is 29.8 Å². The van der Waals surface area contributed by atoms with Gasteiger partial charge >= 0.3 is 29.8 Å². The number of carbonyl (C=O) groups is 5. The van der Waals surface area contributed by atoms with Crippen LogP contribution in [0, 0.1) is 56.7 Å². The molecular formula is C44H66O12. The summed E-state index contributed by atoms with van der Waals surface area (Å²) in [4.78, 5) is 64.3. The van der Waals surface area contributed by atoms with Gasteiger partial charge in [-0.2, -0.15) is 0 Å². The van der Waals surface area contributed by atoms with Gasteiger partial charge in [-0.1, -0.05) is 46.8 Å². The van der Waals surface area contributed by atoms with Crippen LogP contribution in [-0.2, 0) is 52.4 Å². The first kappa shape index (κ1) is 42.6. The molecule has 1 saturated heterocycles. The molecule has 5 saturated carbocycles. The van der Waals surface area contributed by atoms with Crippen molar-refractivity contribution in [3.05, 3.63) is 12.2 Å². The van der Waals surface area contributed by atoms with Gasteiger partial charge in [0.15, 0.2) is 12.2 Å². The standard InChI is InChI=1S/C44H66O12/c1-23(2)28-14-19-44(39(50)56-38-37(54-27(6)48)36(53-26(5)47)35(52-25(4)46)30(55-38)22-51-24(3)45)21-20-42(10)29(34(28)44)12-13-32-41(9)17-16-33(49)40(7,8)31(41)15-18-43(32,42)11/h28-38,49H,1,12-22H2,2-11H3/t28-,29+,30+,31-,32+,33-,34+,35-,36-,37+,38-,41-,42+,43+,44-/m0/s1. The average molecular weight is 787 g/mol. The zero-order valence-corrected chi connectivity index (χ0v) is 35.3. The second kappa shape index (κ2) is 15.0. The predicted octanol–water partition coefficient (Wildman–Crippen LogP) is 6.63. The fourth-order valence-corrected chi connectivity index (χ4v) is 14.0. The lowest BCUT2D eigenvalue weighted by Gasteiger charge is -2.72. The zero-order chi connectivity index (χ0) is 41.3. The molecule has 56 heavy (non-hydrogen) atoms. The SMILES string of the molecule is C=C(C)[C@@H]1CC[C@]2(C(=O)O[C@@H]3O[C@H](COC(C)=O)[C@H](OC(C)=O)[C@H](OC(C)=O)[C@H]3OC(C)=O)CC[C@]3(C)[C@H](CC[C@@H]4[C@@]5(C)CC[C@H](O)C(C)(C)[C@@H]5CC[C@]43C)[C@@H]12. The summed E-state index contributed by atoms with van der Waals surface area (Å²) in [7, 11) is 0. The van der Waals surface area contributed by atoms with Gasteiger partial charge in [-0.3, -0.25) is 24.0 Å². The first-order valence-electron chi connectivity index (χ1n) is 20.9. The van der Waals surface area contributed by atoms with E-state index >= 15 is 4.79 Å². The predicted molar refractivity (Wildman–Crippen MR) is 203 cm³/mol. The van der Waals surface area contributed by atoms with Crippen LogP contribution < -0.4 is 0 Å². The van der Waals surface area contributed by atoms with Gasteiger partial charge < -0.3 is 33.5 Å². The molecule has 12 heteroatoms. The van der Waals surface area contributed by atoms with Crippen molar-refractivity contribution in [1.29, 1.82) is 0 Å². The van der Waals surface area contributed by atoms with E-state index < -0.39 is 72.6 Å². The van der Waals surface area contributed by atoms with Crippen molar-refractivity contribution in [3.63, 3.8) is 0 Å². The van der Waals surface area contributed by atoms with E-state index in [0.717, 1.165) is 70.8 Å². The summed E-state index contributed by atoms with van der Waals surface area (Å²) in [5.74, 6) is -2.17. The fourth-order valence-electron chi connectivity index (χ4n) is 14.0. The highest BCUT2D eigenvalue weighted by Gasteiger charge is 2.72. The van der Waals surface area contributed by atoms with Crippen LogP contribution in [0.4, 0.5) is 0 Å². The molecule has 0 radical (unpaired) electrons. The maximum atomic E-state index is 15.1. The van der Waals surface area contributed by atoms with Crippen LogP contribution in [0.2, 0.25) is 0 Å². The van der Waals surface area contributed by atoms with E-state index in [1.807, 2.05) is 0 Å². The molecule has 0 aromatic heterocycles. The van der Waals surface area contributed by atoms with Gasteiger partial charge in [0.25, 0.3) is 0 Å². The maximum absolute atomic E-state index is 15.1. The largest absolute Gasteiger partial charge is 0.463 e. The van der Waals surface area contributed by atoms with Gasteiger partial charge in [-0.05, 0) is 122 Å². The number of fused-ring (bicyclic) bond motifs is 7. The number of ether oxygens (including phenoxy) is 6. The molecule has 6 fully saturated rings. The Hall–Kier alpha value is -2.99. The molecule has 1 aliphatic heterocycles. The third-order valence-corrected chi connectivity index (χ3v) is 16.6. The highest BCUT2D eigenvalue weighted by Crippen LogP contribution is 2.77. The van der Waals surface area contributed by atoms with Crippen molar-refractivity contribution in [2.45, 2.75) is 170 Å². The summed E-state index contributed by atoms with van der Waals surface area (Å²) < 4.78 is 34.7. The summed E-state index contributed by atoms with van der Waals surface area (Å²) in [6, 6.07) is 0. The Morgan fingerprint density at radius 3 is 1.89 bits per heavy atom. The van der Waals surface area contributed by atoms with Gasteiger partial charge in [0.05, 0.1) is 11.5 Å². The van der Waals surface area contributed by atoms with Gasteiger partial charge in [-0.25, -0.2) is 0 Å². The van der Waals surface area contributed by atoms with Crippen LogP contribution in [0.1, 0.15) is 133 Å². The maximum Gasteiger partial charge on any atom is 0.314 e. The molecule has 6 aliphatic rings. The first-order chi connectivity index (χ1) is 26.0. The molecule has 12 nitrogen and oxygen atoms in total. The van der Waals surface area contributed by atoms with E-state index in [1.54, 1.807) is 0 Å². The number of carbonyl (C=O) groups excluding carboxylic acids is 5. The van der Waals surface area contributed by atoms with E-state index in [-0.39, 0.29) is 45.5 Å². The summed E-state index contributed by atoms with van der Waals surface area (Å²) in [6.07, 6.45) is 1.50. The molecular weight excluding hydrogens is 720 g/mol. The second-order valence-electron chi connectivity index (χ2n) is 19.7. The van der Waals surface area contributed by atoms with Gasteiger partial charge in [0, 0.05) is 27.7 Å². The van der Waals surface area contributed by atoms with Crippen LogP contribution in [0.5, 0.6) is 0 Å². The normalized spacial score (nSPS) is 45.0. The molecule has 0 spiro atoms. The quantitative estimate of drug-likeness (QED) is 0.159. The highest BCUT2D eigenvalue weighted by molar-refractivity contribution is 5.79.